The molecular weight excluding hydrogens is 180 g/mol. The summed E-state index contributed by atoms with van der Waals surface area (Å²) < 4.78 is 0. The molecule has 0 amide bonds. The van der Waals surface area contributed by atoms with Crippen LogP contribution in [0.3, 0.4) is 0 Å². The maximum Gasteiger partial charge on any atom is -0.0224 e. The van der Waals surface area contributed by atoms with E-state index in [1.54, 1.807) is 44.9 Å². The molecule has 9 fully saturated rings. The van der Waals surface area contributed by atoms with Crippen molar-refractivity contribution in [1.82, 2.24) is 0 Å². The van der Waals surface area contributed by atoms with Gasteiger partial charge in [0.1, 0.15) is 0 Å². The second kappa shape index (κ2) is 1.73. The van der Waals surface area contributed by atoms with E-state index in [2.05, 4.69) is 0 Å². The zero-order chi connectivity index (χ0) is 9.41. The summed E-state index contributed by atoms with van der Waals surface area (Å²) in [6.07, 6.45) is 11.7. The van der Waals surface area contributed by atoms with E-state index in [-0.39, 0.29) is 0 Å². The van der Waals surface area contributed by atoms with E-state index in [9.17, 15) is 0 Å². The molecule has 0 aromatic heterocycles. The third-order valence-corrected chi connectivity index (χ3v) is 8.24. The minimum absolute atomic E-state index is 0.958. The summed E-state index contributed by atoms with van der Waals surface area (Å²) in [5, 5.41) is 0. The summed E-state index contributed by atoms with van der Waals surface area (Å²) in [7, 11) is 0. The van der Waals surface area contributed by atoms with Crippen molar-refractivity contribution in [3.8, 4) is 0 Å². The summed E-state index contributed by atoms with van der Waals surface area (Å²) in [5.41, 5.74) is 1.92. The molecule has 0 nitrogen and oxygen atoms in total. The van der Waals surface area contributed by atoms with Gasteiger partial charge in [-0.1, -0.05) is 0 Å². The molecule has 9 aliphatic rings. The topological polar surface area (TPSA) is 0 Å². The van der Waals surface area contributed by atoms with Gasteiger partial charge < -0.3 is 0 Å². The summed E-state index contributed by atoms with van der Waals surface area (Å²) in [5.74, 6) is 7.34. The highest BCUT2D eigenvalue weighted by Crippen LogP contribution is 2.89. The first-order chi connectivity index (χ1) is 7.32. The molecule has 9 aliphatic carbocycles. The second-order valence-corrected chi connectivity index (χ2v) is 8.16. The molecule has 0 radical (unpaired) electrons. The first-order valence-electron chi connectivity index (χ1n) is 7.32. The van der Waals surface area contributed by atoms with E-state index in [1.165, 1.54) is 35.5 Å². The van der Waals surface area contributed by atoms with Gasteiger partial charge in [-0.15, -0.1) is 0 Å². The van der Waals surface area contributed by atoms with Crippen molar-refractivity contribution in [2.75, 3.05) is 0 Å². The Kier molecular flexibility index (Phi) is 0.847. The molecule has 8 atom stereocenters. The Morgan fingerprint density at radius 2 is 1.47 bits per heavy atom. The summed E-state index contributed by atoms with van der Waals surface area (Å²) >= 11 is 0. The largest absolute Gasteiger partial charge is 0.0470 e. The first-order valence-corrected chi connectivity index (χ1v) is 7.32. The Morgan fingerprint density at radius 3 is 2.20 bits per heavy atom. The number of rotatable bonds is 0. The SMILES string of the molecule is C1C2CC34CC5(C2)C3CC2C[C@@H]4C1[C@@H]5C2. The number of hydrogen-bond donors (Lipinski definition) is 0. The molecule has 0 N–H and O–H groups in total. The lowest BCUT2D eigenvalue weighted by molar-refractivity contribution is -0.388. The van der Waals surface area contributed by atoms with Gasteiger partial charge in [0.25, 0.3) is 0 Å². The predicted molar refractivity (Wildman–Crippen MR) is 58.1 cm³/mol. The lowest BCUT2D eigenvalue weighted by Crippen LogP contribution is -2.80. The van der Waals surface area contributed by atoms with Crippen LogP contribution in [-0.4, -0.2) is 0 Å². The van der Waals surface area contributed by atoms with Crippen molar-refractivity contribution in [3.05, 3.63) is 0 Å². The van der Waals surface area contributed by atoms with E-state index in [1.807, 2.05) is 0 Å². The molecule has 0 aromatic rings. The fraction of sp³-hybridized carbons (Fsp3) is 1.00. The van der Waals surface area contributed by atoms with Gasteiger partial charge >= 0.3 is 0 Å². The summed E-state index contributed by atoms with van der Waals surface area (Å²) in [4.78, 5) is 0. The molecule has 9 saturated carbocycles. The molecular formula is C15H20. The molecule has 0 aliphatic heterocycles. The molecule has 0 heteroatoms. The molecule has 2 spiro atoms. The van der Waals surface area contributed by atoms with E-state index in [0.717, 1.165) is 10.8 Å². The van der Waals surface area contributed by atoms with Crippen LogP contribution in [0.5, 0.6) is 0 Å². The lowest BCUT2D eigenvalue weighted by atomic mass is 9.17. The normalized spacial score (nSPS) is 80.0. The average molecular weight is 200 g/mol. The molecule has 9 rings (SSSR count). The smallest absolute Gasteiger partial charge is 0.0224 e. The molecule has 0 heterocycles. The van der Waals surface area contributed by atoms with Crippen LogP contribution in [0, 0.1) is 46.3 Å². The van der Waals surface area contributed by atoms with Crippen LogP contribution in [-0.2, 0) is 0 Å². The zero-order valence-corrected chi connectivity index (χ0v) is 9.41. The Labute approximate surface area is 91.8 Å². The Balaban J connectivity index is 1.68. The van der Waals surface area contributed by atoms with Crippen molar-refractivity contribution in [3.63, 3.8) is 0 Å². The fourth-order valence-corrected chi connectivity index (χ4v) is 8.60. The molecule has 0 aromatic carbocycles. The summed E-state index contributed by atoms with van der Waals surface area (Å²) in [6, 6.07) is 0. The predicted octanol–water partition coefficient (Wildman–Crippen LogP) is 3.47. The van der Waals surface area contributed by atoms with Crippen molar-refractivity contribution < 1.29 is 0 Å². The molecule has 0 saturated heterocycles. The van der Waals surface area contributed by atoms with Crippen LogP contribution in [0.1, 0.15) is 44.9 Å². The van der Waals surface area contributed by atoms with Gasteiger partial charge in [-0.05, 0) is 91.3 Å². The van der Waals surface area contributed by atoms with E-state index >= 15 is 0 Å². The van der Waals surface area contributed by atoms with Gasteiger partial charge in [0.05, 0.1) is 0 Å². The van der Waals surface area contributed by atoms with E-state index < -0.39 is 0 Å². The monoisotopic (exact) mass is 200 g/mol. The highest BCUT2D eigenvalue weighted by Gasteiger charge is 2.82. The van der Waals surface area contributed by atoms with Crippen LogP contribution in [0.4, 0.5) is 0 Å². The third kappa shape index (κ3) is 0.492. The van der Waals surface area contributed by atoms with E-state index in [4.69, 9.17) is 0 Å². The van der Waals surface area contributed by atoms with Crippen LogP contribution < -0.4 is 0 Å². The van der Waals surface area contributed by atoms with Gasteiger partial charge in [0.2, 0.25) is 0 Å². The van der Waals surface area contributed by atoms with E-state index in [0.29, 0.717) is 0 Å². The van der Waals surface area contributed by atoms with Crippen LogP contribution in [0.25, 0.3) is 0 Å². The van der Waals surface area contributed by atoms with Gasteiger partial charge in [0.15, 0.2) is 0 Å². The quantitative estimate of drug-likeness (QED) is 0.561. The summed E-state index contributed by atoms with van der Waals surface area (Å²) in [6.45, 7) is 0. The first kappa shape index (κ1) is 7.35. The Morgan fingerprint density at radius 1 is 0.733 bits per heavy atom. The minimum Gasteiger partial charge on any atom is -0.0470 e. The second-order valence-electron chi connectivity index (χ2n) is 8.16. The van der Waals surface area contributed by atoms with Crippen LogP contribution in [0.15, 0.2) is 0 Å². The molecule has 8 bridgehead atoms. The van der Waals surface area contributed by atoms with Gasteiger partial charge in [0, 0.05) is 0 Å². The Hall–Kier alpha value is 0. The van der Waals surface area contributed by atoms with Crippen LogP contribution >= 0.6 is 0 Å². The lowest BCUT2D eigenvalue weighted by Gasteiger charge is -2.87. The van der Waals surface area contributed by atoms with Gasteiger partial charge in [-0.3, -0.25) is 0 Å². The van der Waals surface area contributed by atoms with Crippen molar-refractivity contribution in [2.45, 2.75) is 44.9 Å². The zero-order valence-electron chi connectivity index (χ0n) is 9.41. The maximum atomic E-state index is 1.71. The van der Waals surface area contributed by atoms with Gasteiger partial charge in [-0.25, -0.2) is 0 Å². The molecule has 15 heavy (non-hydrogen) atoms. The van der Waals surface area contributed by atoms with Gasteiger partial charge in [-0.2, -0.15) is 0 Å². The fourth-order valence-electron chi connectivity index (χ4n) is 8.60. The molecule has 80 valence electrons. The minimum atomic E-state index is 0.958. The Bertz CT molecular complexity index is 338. The molecule has 6 unspecified atom stereocenters. The number of hydrogen-bond acceptors (Lipinski definition) is 0. The standard InChI is InChI=1S/C15H20/c1-9-5-14-7-15(6-9)12-3-8(4-13(14)15)2-11(14)10(1)12/h8-13H,1-7H2/t8?,9?,10?,11-,12+,13?,14?,15?. The maximum absolute atomic E-state index is 1.71. The van der Waals surface area contributed by atoms with Crippen molar-refractivity contribution >= 4 is 0 Å². The highest BCUT2D eigenvalue weighted by atomic mass is 14.9. The van der Waals surface area contributed by atoms with Crippen LogP contribution in [0.2, 0.25) is 0 Å². The van der Waals surface area contributed by atoms with Crippen molar-refractivity contribution in [2.24, 2.45) is 46.3 Å². The average Bonchev–Trinajstić information content (AvgIpc) is 2.23. The third-order valence-electron chi connectivity index (χ3n) is 8.24. The van der Waals surface area contributed by atoms with Crippen molar-refractivity contribution in [1.29, 1.82) is 0 Å². The highest BCUT2D eigenvalue weighted by molar-refractivity contribution is 5.30.